The van der Waals surface area contributed by atoms with Crippen LogP contribution in [-0.4, -0.2) is 113 Å². The number of aromatic nitrogens is 4. The summed E-state index contributed by atoms with van der Waals surface area (Å²) >= 11 is 0. The van der Waals surface area contributed by atoms with Crippen LogP contribution >= 0.6 is 0 Å². The van der Waals surface area contributed by atoms with Gasteiger partial charge in [-0.15, -0.1) is 0 Å². The number of H-pyrrole nitrogens is 1. The van der Waals surface area contributed by atoms with Crippen LogP contribution in [0.2, 0.25) is 0 Å². The van der Waals surface area contributed by atoms with E-state index in [-0.39, 0.29) is 11.5 Å². The third-order valence-electron chi connectivity index (χ3n) is 5.23. The highest BCUT2D eigenvalue weighted by molar-refractivity contribution is 5.71. The number of ether oxygens (including phenoxy) is 3. The Morgan fingerprint density at radius 3 is 2.90 bits per heavy atom. The van der Waals surface area contributed by atoms with E-state index in [0.717, 1.165) is 13.1 Å². The number of morpholine rings is 1. The van der Waals surface area contributed by atoms with Gasteiger partial charge >= 0.3 is 0 Å². The minimum Gasteiger partial charge on any atom is -0.387 e. The summed E-state index contributed by atoms with van der Waals surface area (Å²) in [5.74, 6) is 0.153. The third-order valence-corrected chi connectivity index (χ3v) is 5.23. The van der Waals surface area contributed by atoms with Crippen LogP contribution in [0.25, 0.3) is 11.2 Å². The molecule has 2 aromatic heterocycles. The average Bonchev–Trinajstić information content (AvgIpc) is 3.28. The van der Waals surface area contributed by atoms with E-state index in [2.05, 4.69) is 24.8 Å². The SMILES string of the molecule is COC1C(O)[C@@H](CN2CCOCC2)O[C@H]1n1cnc2c(=O)[nH]c(/N=C/N(C)C)nc21. The number of hydrogen-bond acceptors (Lipinski definition) is 9. The molecule has 12 nitrogen and oxygen atoms in total. The molecule has 0 bridgehead atoms. The lowest BCUT2D eigenvalue weighted by Crippen LogP contribution is -2.44. The number of methoxy groups -OCH3 is 1. The van der Waals surface area contributed by atoms with Gasteiger partial charge in [-0.25, -0.2) is 9.98 Å². The maximum absolute atomic E-state index is 12.4. The first-order valence-electron chi connectivity index (χ1n) is 9.82. The van der Waals surface area contributed by atoms with Crippen molar-refractivity contribution in [1.82, 2.24) is 29.3 Å². The Morgan fingerprint density at radius 2 is 2.20 bits per heavy atom. The highest BCUT2D eigenvalue weighted by Crippen LogP contribution is 2.33. The number of aliphatic hydroxyl groups is 1. The second-order valence-electron chi connectivity index (χ2n) is 7.59. The fourth-order valence-electron chi connectivity index (χ4n) is 3.72. The fraction of sp³-hybridized carbons (Fsp3) is 0.667. The lowest BCUT2D eigenvalue weighted by Gasteiger charge is -2.29. The molecule has 2 N–H and O–H groups in total. The molecule has 0 radical (unpaired) electrons. The van der Waals surface area contributed by atoms with Gasteiger partial charge in [-0.2, -0.15) is 4.98 Å². The second kappa shape index (κ2) is 8.78. The van der Waals surface area contributed by atoms with Gasteiger partial charge in [-0.05, 0) is 0 Å². The molecule has 2 unspecified atom stereocenters. The van der Waals surface area contributed by atoms with Crippen LogP contribution in [0, 0.1) is 0 Å². The molecule has 0 saturated carbocycles. The molecule has 2 saturated heterocycles. The average molecular weight is 421 g/mol. The maximum atomic E-state index is 12.4. The molecule has 2 aromatic rings. The normalized spacial score (nSPS) is 28.0. The zero-order valence-electron chi connectivity index (χ0n) is 17.3. The molecule has 0 aromatic carbocycles. The van der Waals surface area contributed by atoms with Gasteiger partial charge in [-0.3, -0.25) is 19.2 Å². The number of aromatic amines is 1. The number of rotatable bonds is 6. The lowest BCUT2D eigenvalue weighted by molar-refractivity contribution is -0.0603. The van der Waals surface area contributed by atoms with Gasteiger partial charge in [0.1, 0.15) is 18.3 Å². The molecule has 164 valence electrons. The molecule has 2 aliphatic heterocycles. The Kier molecular flexibility index (Phi) is 6.11. The van der Waals surface area contributed by atoms with E-state index in [0.29, 0.717) is 25.4 Å². The highest BCUT2D eigenvalue weighted by Gasteiger charge is 2.46. The maximum Gasteiger partial charge on any atom is 0.280 e. The predicted octanol–water partition coefficient (Wildman–Crippen LogP) is -1.05. The summed E-state index contributed by atoms with van der Waals surface area (Å²) in [5.41, 5.74) is 0.0846. The van der Waals surface area contributed by atoms with Crippen LogP contribution in [0.4, 0.5) is 5.95 Å². The summed E-state index contributed by atoms with van der Waals surface area (Å²) in [5, 5.41) is 10.8. The number of fused-ring (bicyclic) bond motifs is 1. The zero-order valence-corrected chi connectivity index (χ0v) is 17.3. The third kappa shape index (κ3) is 4.09. The minimum atomic E-state index is -0.839. The quantitative estimate of drug-likeness (QED) is 0.443. The Balaban J connectivity index is 1.63. The number of imidazole rings is 1. The summed E-state index contributed by atoms with van der Waals surface area (Å²) < 4.78 is 18.7. The number of nitrogens with one attached hydrogen (secondary N) is 1. The summed E-state index contributed by atoms with van der Waals surface area (Å²) in [6.45, 7) is 3.45. The number of aliphatic hydroxyl groups excluding tert-OH is 1. The molecule has 2 aliphatic rings. The first-order chi connectivity index (χ1) is 14.5. The monoisotopic (exact) mass is 421 g/mol. The van der Waals surface area contributed by atoms with Crippen molar-refractivity contribution in [3.05, 3.63) is 16.7 Å². The summed E-state index contributed by atoms with van der Waals surface area (Å²) in [7, 11) is 5.15. The molecule has 0 amide bonds. The van der Waals surface area contributed by atoms with E-state index in [1.807, 2.05) is 14.1 Å². The van der Waals surface area contributed by atoms with E-state index < -0.39 is 30.1 Å². The zero-order chi connectivity index (χ0) is 21.3. The lowest BCUT2D eigenvalue weighted by atomic mass is 10.1. The number of nitrogens with zero attached hydrogens (tertiary/aromatic N) is 6. The largest absolute Gasteiger partial charge is 0.387 e. The highest BCUT2D eigenvalue weighted by atomic mass is 16.6. The predicted molar refractivity (Wildman–Crippen MR) is 108 cm³/mol. The van der Waals surface area contributed by atoms with Crippen LogP contribution in [-0.2, 0) is 14.2 Å². The molecule has 0 spiro atoms. The van der Waals surface area contributed by atoms with Crippen LogP contribution in [0.5, 0.6) is 0 Å². The molecular formula is C18H27N7O5. The van der Waals surface area contributed by atoms with E-state index in [4.69, 9.17) is 14.2 Å². The molecule has 30 heavy (non-hydrogen) atoms. The molecule has 2 fully saturated rings. The van der Waals surface area contributed by atoms with Gasteiger partial charge in [0.15, 0.2) is 17.4 Å². The van der Waals surface area contributed by atoms with E-state index in [1.54, 1.807) is 9.47 Å². The Labute approximate surface area is 173 Å². The van der Waals surface area contributed by atoms with E-state index in [9.17, 15) is 9.90 Å². The molecule has 4 rings (SSSR count). The molecular weight excluding hydrogens is 394 g/mol. The van der Waals surface area contributed by atoms with Gasteiger partial charge in [0, 0.05) is 40.8 Å². The van der Waals surface area contributed by atoms with E-state index in [1.165, 1.54) is 19.8 Å². The van der Waals surface area contributed by atoms with Crippen LogP contribution in [0.1, 0.15) is 6.23 Å². The van der Waals surface area contributed by atoms with Crippen molar-refractivity contribution in [2.24, 2.45) is 4.99 Å². The van der Waals surface area contributed by atoms with Gasteiger partial charge in [0.25, 0.3) is 5.56 Å². The first-order valence-corrected chi connectivity index (χ1v) is 9.82. The van der Waals surface area contributed by atoms with Crippen molar-refractivity contribution < 1.29 is 19.3 Å². The van der Waals surface area contributed by atoms with Crippen LogP contribution in [0.15, 0.2) is 16.1 Å². The van der Waals surface area contributed by atoms with Gasteiger partial charge < -0.3 is 24.2 Å². The molecule has 4 heterocycles. The Bertz CT molecular complexity index is 952. The van der Waals surface area contributed by atoms with Crippen molar-refractivity contribution in [2.75, 3.05) is 54.1 Å². The van der Waals surface area contributed by atoms with Crippen molar-refractivity contribution in [2.45, 2.75) is 24.5 Å². The Hall–Kier alpha value is -2.38. The van der Waals surface area contributed by atoms with E-state index >= 15 is 0 Å². The first kappa shape index (κ1) is 20.9. The van der Waals surface area contributed by atoms with Crippen molar-refractivity contribution >= 4 is 23.5 Å². The fourth-order valence-corrected chi connectivity index (χ4v) is 3.72. The van der Waals surface area contributed by atoms with Gasteiger partial charge in [0.2, 0.25) is 5.95 Å². The minimum absolute atomic E-state index is 0.153. The molecule has 0 aliphatic carbocycles. The smallest absolute Gasteiger partial charge is 0.280 e. The topological polar surface area (TPSA) is 130 Å². The van der Waals surface area contributed by atoms with Crippen molar-refractivity contribution in [3.8, 4) is 0 Å². The standard InChI is InChI=1S/C18H27N7O5/c1-23(2)9-20-18-21-15-12(16(27)22-18)19-10-25(15)17-14(28-3)13(26)11(30-17)8-24-4-6-29-7-5-24/h9-11,13-14,17,26H,4-8H2,1-3H3,(H,21,22,27)/b20-9+/t11-,13?,14?,17-/m1/s1. The Morgan fingerprint density at radius 1 is 1.43 bits per heavy atom. The number of hydrogen-bond donors (Lipinski definition) is 2. The summed E-state index contributed by atoms with van der Waals surface area (Å²) in [4.78, 5) is 31.7. The molecule has 12 heteroatoms. The van der Waals surface area contributed by atoms with Crippen LogP contribution in [0.3, 0.4) is 0 Å². The van der Waals surface area contributed by atoms with Crippen LogP contribution < -0.4 is 5.56 Å². The summed E-state index contributed by atoms with van der Waals surface area (Å²) in [6, 6.07) is 0. The van der Waals surface area contributed by atoms with Gasteiger partial charge in [0.05, 0.1) is 25.9 Å². The van der Waals surface area contributed by atoms with Gasteiger partial charge in [-0.1, -0.05) is 0 Å². The van der Waals surface area contributed by atoms with Crippen molar-refractivity contribution in [3.63, 3.8) is 0 Å². The number of aliphatic imine (C=N–C) groups is 1. The second-order valence-corrected chi connectivity index (χ2v) is 7.59. The summed E-state index contributed by atoms with van der Waals surface area (Å²) in [6.07, 6.45) is 0.408. The van der Waals surface area contributed by atoms with Crippen molar-refractivity contribution in [1.29, 1.82) is 0 Å². The molecule has 4 atom stereocenters.